The molecule has 3 heteroatoms. The Bertz CT molecular complexity index is 573. The topological polar surface area (TPSA) is 34.3 Å². The minimum absolute atomic E-state index is 0.0654. The number of nitrogens with one attached hydrogen (secondary N) is 1. The maximum Gasteiger partial charge on any atom is 0.127 e. The summed E-state index contributed by atoms with van der Waals surface area (Å²) in [4.78, 5) is 4.28. The van der Waals surface area contributed by atoms with Gasteiger partial charge in [0, 0.05) is 25.0 Å². The molecule has 126 valence electrons. The molecule has 1 aromatic rings. The third-order valence-corrected chi connectivity index (χ3v) is 4.87. The third-order valence-electron chi connectivity index (χ3n) is 4.87. The van der Waals surface area contributed by atoms with Crippen LogP contribution in [0.25, 0.3) is 0 Å². The van der Waals surface area contributed by atoms with Gasteiger partial charge in [0.15, 0.2) is 0 Å². The number of hydrogen-bond acceptors (Lipinski definition) is 2. The van der Waals surface area contributed by atoms with Crippen molar-refractivity contribution in [3.8, 4) is 0 Å². The van der Waals surface area contributed by atoms with Crippen molar-refractivity contribution in [2.24, 2.45) is 10.9 Å². The van der Waals surface area contributed by atoms with E-state index < -0.39 is 0 Å². The molecular formula is C20H29FN2. The molecule has 2 rings (SSSR count). The molecule has 3 atom stereocenters. The normalized spacial score (nSPS) is 20.7. The van der Waals surface area contributed by atoms with Crippen LogP contribution >= 0.6 is 0 Å². The summed E-state index contributed by atoms with van der Waals surface area (Å²) < 4.78 is 14.4. The Morgan fingerprint density at radius 2 is 2.17 bits per heavy atom. The summed E-state index contributed by atoms with van der Waals surface area (Å²) in [5.74, 6) is 0.678. The summed E-state index contributed by atoms with van der Waals surface area (Å²) >= 11 is 0. The molecule has 1 heterocycles. The molecule has 1 aromatic carbocycles. The molecule has 0 amide bonds. The second-order valence-corrected chi connectivity index (χ2v) is 6.60. The number of rotatable bonds is 8. The molecule has 0 bridgehead atoms. The van der Waals surface area contributed by atoms with Crippen LogP contribution in [0.15, 0.2) is 35.0 Å². The quantitative estimate of drug-likeness (QED) is 0.507. The van der Waals surface area contributed by atoms with E-state index in [2.05, 4.69) is 37.1 Å². The summed E-state index contributed by atoms with van der Waals surface area (Å²) in [6.07, 6.45) is 6.83. The Hall–Kier alpha value is -1.48. The van der Waals surface area contributed by atoms with Gasteiger partial charge in [-0.2, -0.15) is 0 Å². The summed E-state index contributed by atoms with van der Waals surface area (Å²) in [6, 6.07) is 6.09. The second kappa shape index (κ2) is 8.39. The summed E-state index contributed by atoms with van der Waals surface area (Å²) in [5, 5.41) is 3.22. The molecule has 1 saturated heterocycles. The van der Waals surface area contributed by atoms with Crippen LogP contribution in [0.4, 0.5) is 4.39 Å². The SMILES string of the molecule is CC=N/C=C(/CCC(C)c1ccc(C2CN2)cc1F)C(C)CC. The van der Waals surface area contributed by atoms with Crippen LogP contribution in [-0.4, -0.2) is 12.8 Å². The Balaban J connectivity index is 2.01. The van der Waals surface area contributed by atoms with E-state index in [4.69, 9.17) is 0 Å². The summed E-state index contributed by atoms with van der Waals surface area (Å²) in [5.41, 5.74) is 3.25. The molecule has 1 N–H and O–H groups in total. The van der Waals surface area contributed by atoms with Gasteiger partial charge in [0.05, 0.1) is 0 Å². The first-order valence-electron chi connectivity index (χ1n) is 8.76. The number of nitrogens with zero attached hydrogens (tertiary/aromatic N) is 1. The molecule has 0 saturated carbocycles. The fourth-order valence-corrected chi connectivity index (χ4v) is 2.86. The van der Waals surface area contributed by atoms with Gasteiger partial charge in [0.2, 0.25) is 0 Å². The van der Waals surface area contributed by atoms with Crippen LogP contribution in [0.2, 0.25) is 0 Å². The van der Waals surface area contributed by atoms with E-state index in [9.17, 15) is 4.39 Å². The van der Waals surface area contributed by atoms with Crippen molar-refractivity contribution in [2.75, 3.05) is 6.54 Å². The van der Waals surface area contributed by atoms with Gasteiger partial charge in [0.1, 0.15) is 5.82 Å². The van der Waals surface area contributed by atoms with Crippen molar-refractivity contribution in [1.29, 1.82) is 0 Å². The van der Waals surface area contributed by atoms with Crippen molar-refractivity contribution in [3.05, 3.63) is 46.9 Å². The van der Waals surface area contributed by atoms with E-state index in [1.165, 1.54) is 5.57 Å². The lowest BCUT2D eigenvalue weighted by molar-refractivity contribution is 0.551. The smallest absolute Gasteiger partial charge is 0.127 e. The molecule has 0 spiro atoms. The Kier molecular flexibility index (Phi) is 6.52. The molecule has 1 aliphatic heterocycles. The zero-order chi connectivity index (χ0) is 16.8. The number of allylic oxidation sites excluding steroid dienone is 1. The summed E-state index contributed by atoms with van der Waals surface area (Å²) in [7, 11) is 0. The second-order valence-electron chi connectivity index (χ2n) is 6.60. The highest BCUT2D eigenvalue weighted by molar-refractivity contribution is 5.54. The number of halogens is 1. The summed E-state index contributed by atoms with van der Waals surface area (Å²) in [6.45, 7) is 9.45. The molecule has 23 heavy (non-hydrogen) atoms. The molecule has 0 aromatic heterocycles. The predicted molar refractivity (Wildman–Crippen MR) is 96.5 cm³/mol. The van der Waals surface area contributed by atoms with E-state index in [1.807, 2.05) is 25.4 Å². The monoisotopic (exact) mass is 316 g/mol. The van der Waals surface area contributed by atoms with Gasteiger partial charge in [-0.25, -0.2) is 4.39 Å². The first-order valence-corrected chi connectivity index (χ1v) is 8.76. The number of hydrogen-bond donors (Lipinski definition) is 1. The van der Waals surface area contributed by atoms with Gasteiger partial charge in [-0.05, 0) is 60.8 Å². The molecular weight excluding hydrogens is 287 g/mol. The fourth-order valence-electron chi connectivity index (χ4n) is 2.86. The Morgan fingerprint density at radius 3 is 2.74 bits per heavy atom. The molecule has 1 aliphatic rings. The van der Waals surface area contributed by atoms with Crippen LogP contribution in [0.3, 0.4) is 0 Å². The fraction of sp³-hybridized carbons (Fsp3) is 0.550. The van der Waals surface area contributed by atoms with Gasteiger partial charge in [-0.3, -0.25) is 4.99 Å². The molecule has 3 unspecified atom stereocenters. The highest BCUT2D eigenvalue weighted by Crippen LogP contribution is 2.30. The van der Waals surface area contributed by atoms with Gasteiger partial charge in [0.25, 0.3) is 0 Å². The van der Waals surface area contributed by atoms with E-state index >= 15 is 0 Å². The standard InChI is InChI=1S/C20H29FN2/c1-5-14(3)17(12-22-6-2)8-7-15(4)18-10-9-16(11-19(18)21)20-13-23-20/h6,9-12,14-15,20,23H,5,7-8,13H2,1-4H3/b17-12-,22-6?. The van der Waals surface area contributed by atoms with Crippen molar-refractivity contribution < 1.29 is 4.39 Å². The molecule has 0 radical (unpaired) electrons. The van der Waals surface area contributed by atoms with Gasteiger partial charge in [-0.15, -0.1) is 0 Å². The Morgan fingerprint density at radius 1 is 1.43 bits per heavy atom. The van der Waals surface area contributed by atoms with Gasteiger partial charge < -0.3 is 5.32 Å². The van der Waals surface area contributed by atoms with Crippen LogP contribution < -0.4 is 5.32 Å². The average molecular weight is 316 g/mol. The Labute approximate surface area is 139 Å². The zero-order valence-corrected chi connectivity index (χ0v) is 14.8. The minimum atomic E-state index is -0.0654. The van der Waals surface area contributed by atoms with Crippen LogP contribution in [0.5, 0.6) is 0 Å². The average Bonchev–Trinajstić information content (AvgIpc) is 3.38. The largest absolute Gasteiger partial charge is 0.307 e. The van der Waals surface area contributed by atoms with Crippen molar-refractivity contribution >= 4 is 6.21 Å². The van der Waals surface area contributed by atoms with Crippen LogP contribution in [0.1, 0.15) is 70.0 Å². The van der Waals surface area contributed by atoms with Crippen molar-refractivity contribution in [2.45, 2.75) is 58.9 Å². The van der Waals surface area contributed by atoms with Crippen molar-refractivity contribution in [1.82, 2.24) is 5.32 Å². The van der Waals surface area contributed by atoms with Gasteiger partial charge in [-0.1, -0.05) is 32.9 Å². The number of benzene rings is 1. The molecule has 2 nitrogen and oxygen atoms in total. The van der Waals surface area contributed by atoms with E-state index in [0.29, 0.717) is 12.0 Å². The predicted octanol–water partition coefficient (Wildman–Crippen LogP) is 5.37. The van der Waals surface area contributed by atoms with E-state index in [1.54, 1.807) is 6.07 Å². The van der Waals surface area contributed by atoms with Crippen molar-refractivity contribution in [3.63, 3.8) is 0 Å². The first-order chi connectivity index (χ1) is 11.1. The van der Waals surface area contributed by atoms with E-state index in [-0.39, 0.29) is 11.7 Å². The maximum atomic E-state index is 14.4. The first kappa shape index (κ1) is 17.9. The van der Waals surface area contributed by atoms with Gasteiger partial charge >= 0.3 is 0 Å². The lowest BCUT2D eigenvalue weighted by Gasteiger charge is -2.18. The minimum Gasteiger partial charge on any atom is -0.307 e. The maximum absolute atomic E-state index is 14.4. The highest BCUT2D eigenvalue weighted by atomic mass is 19.1. The molecule has 1 fully saturated rings. The molecule has 0 aliphatic carbocycles. The van der Waals surface area contributed by atoms with E-state index in [0.717, 1.165) is 36.9 Å². The van der Waals surface area contributed by atoms with Crippen LogP contribution in [0, 0.1) is 11.7 Å². The lowest BCUT2D eigenvalue weighted by atomic mass is 9.88. The highest BCUT2D eigenvalue weighted by Gasteiger charge is 2.23. The lowest BCUT2D eigenvalue weighted by Crippen LogP contribution is -2.03. The van der Waals surface area contributed by atoms with Crippen LogP contribution in [-0.2, 0) is 0 Å². The third kappa shape index (κ3) is 5.00. The number of aliphatic imine (C=N–C) groups is 1. The zero-order valence-electron chi connectivity index (χ0n) is 14.8.